The van der Waals surface area contributed by atoms with Crippen LogP contribution < -0.4 is 0 Å². The van der Waals surface area contributed by atoms with E-state index in [1.165, 1.54) is 7.11 Å². The van der Waals surface area contributed by atoms with Gasteiger partial charge < -0.3 is 4.74 Å². The second-order valence-corrected chi connectivity index (χ2v) is 4.69. The molecular formula is C12H13IN2O3S. The summed E-state index contributed by atoms with van der Waals surface area (Å²) in [5, 5.41) is 7.32. The Morgan fingerprint density at radius 2 is 1.79 bits per heavy atom. The first-order chi connectivity index (χ1) is 8.65. The number of nitrogens with one attached hydrogen (secondary N) is 1. The zero-order valence-corrected chi connectivity index (χ0v) is 13.4. The van der Waals surface area contributed by atoms with Gasteiger partial charge in [0.25, 0.3) is 11.8 Å². The number of fused-ring (bicyclic) bond motifs is 1. The Morgan fingerprint density at radius 1 is 1.26 bits per heavy atom. The van der Waals surface area contributed by atoms with Crippen molar-refractivity contribution < 1.29 is 14.3 Å². The quantitative estimate of drug-likeness (QED) is 0.281. The fraction of sp³-hybridized carbons (Fsp3) is 0.250. The lowest BCUT2D eigenvalue weighted by Gasteiger charge is -2.11. The number of carbonyl (C=O) groups is 2. The van der Waals surface area contributed by atoms with Gasteiger partial charge in [-0.2, -0.15) is 0 Å². The van der Waals surface area contributed by atoms with Crippen molar-refractivity contribution in [3.05, 3.63) is 35.4 Å². The molecule has 0 saturated heterocycles. The molecule has 1 heterocycles. The van der Waals surface area contributed by atoms with Crippen LogP contribution in [0.3, 0.4) is 0 Å². The van der Waals surface area contributed by atoms with Crippen LogP contribution in [-0.4, -0.2) is 34.9 Å². The molecule has 1 N–H and O–H groups in total. The van der Waals surface area contributed by atoms with Gasteiger partial charge in [-0.05, 0) is 24.1 Å². The molecule has 0 atom stereocenters. The molecular weight excluding hydrogens is 379 g/mol. The zero-order valence-electron chi connectivity index (χ0n) is 10.2. The van der Waals surface area contributed by atoms with Gasteiger partial charge in [-0.3, -0.25) is 15.0 Å². The van der Waals surface area contributed by atoms with Crippen LogP contribution in [0.15, 0.2) is 24.3 Å². The first-order valence-electron chi connectivity index (χ1n) is 5.37. The highest BCUT2D eigenvalue weighted by Crippen LogP contribution is 2.28. The summed E-state index contributed by atoms with van der Waals surface area (Å²) in [6.07, 6.45) is 0.384. The Balaban J connectivity index is 0.00000180. The molecule has 1 aromatic rings. The number of nitrogens with zero attached hydrogens (tertiary/aromatic N) is 1. The van der Waals surface area contributed by atoms with Crippen LogP contribution in [0.25, 0.3) is 0 Å². The Hall–Kier alpha value is -1.09. The predicted molar refractivity (Wildman–Crippen MR) is 84.2 cm³/mol. The van der Waals surface area contributed by atoms with Gasteiger partial charge >= 0.3 is 0 Å². The Morgan fingerprint density at radius 3 is 2.26 bits per heavy atom. The lowest BCUT2D eigenvalue weighted by molar-refractivity contribution is 0.0777. The summed E-state index contributed by atoms with van der Waals surface area (Å²) in [7, 11) is 1.43. The molecule has 2 rings (SSSR count). The van der Waals surface area contributed by atoms with E-state index in [-0.39, 0.29) is 41.7 Å². The Labute approximate surface area is 132 Å². The van der Waals surface area contributed by atoms with Gasteiger partial charge in [0.15, 0.2) is 5.90 Å². The number of hydrogen-bond donors (Lipinski definition) is 1. The van der Waals surface area contributed by atoms with Crippen molar-refractivity contribution >= 4 is 53.6 Å². The molecule has 0 fully saturated rings. The number of amides is 2. The summed E-state index contributed by atoms with van der Waals surface area (Å²) in [5.74, 6) is 0.0196. The number of halogens is 1. The average molecular weight is 392 g/mol. The first kappa shape index (κ1) is 16.0. The van der Waals surface area contributed by atoms with Crippen molar-refractivity contribution in [2.75, 3.05) is 12.9 Å². The molecule has 0 aromatic heterocycles. The van der Waals surface area contributed by atoms with Gasteiger partial charge in [-0.1, -0.05) is 12.1 Å². The number of hydrogen-bond acceptors (Lipinski definition) is 5. The van der Waals surface area contributed by atoms with Gasteiger partial charge in [0.1, 0.15) is 0 Å². The van der Waals surface area contributed by atoms with Crippen LogP contribution in [0.5, 0.6) is 0 Å². The molecule has 102 valence electrons. The highest BCUT2D eigenvalue weighted by molar-refractivity contribution is 14.0. The third-order valence-corrected chi connectivity index (χ3v) is 3.53. The van der Waals surface area contributed by atoms with E-state index >= 15 is 0 Å². The molecule has 0 radical (unpaired) electrons. The first-order valence-corrected chi connectivity index (χ1v) is 6.31. The van der Waals surface area contributed by atoms with Gasteiger partial charge in [-0.25, -0.2) is 4.31 Å². The molecule has 0 bridgehead atoms. The SMILES string of the molecule is COC(=N)CCSN1C(=O)c2ccccc2C1=O.I. The summed E-state index contributed by atoms with van der Waals surface area (Å²) in [6, 6.07) is 6.76. The van der Waals surface area contributed by atoms with E-state index in [1.54, 1.807) is 24.3 Å². The van der Waals surface area contributed by atoms with Crippen molar-refractivity contribution in [3.63, 3.8) is 0 Å². The topological polar surface area (TPSA) is 70.5 Å². The number of carbonyl (C=O) groups excluding carboxylic acids is 2. The maximum Gasteiger partial charge on any atom is 0.271 e. The van der Waals surface area contributed by atoms with E-state index in [9.17, 15) is 9.59 Å². The predicted octanol–water partition coefficient (Wildman–Crippen LogP) is 2.56. The molecule has 0 spiro atoms. The monoisotopic (exact) mass is 392 g/mol. The lowest BCUT2D eigenvalue weighted by atomic mass is 10.1. The number of methoxy groups -OCH3 is 1. The minimum atomic E-state index is -0.287. The molecule has 0 saturated carbocycles. The Kier molecular flexibility index (Phi) is 5.80. The normalized spacial score (nSPS) is 13.0. The highest BCUT2D eigenvalue weighted by atomic mass is 127. The molecule has 19 heavy (non-hydrogen) atoms. The third-order valence-electron chi connectivity index (χ3n) is 2.55. The number of ether oxygens (including phenoxy) is 1. The Bertz CT molecular complexity index is 486. The smallest absolute Gasteiger partial charge is 0.271 e. The second-order valence-electron chi connectivity index (χ2n) is 3.66. The molecule has 1 aliphatic rings. The molecule has 0 unspecified atom stereocenters. The van der Waals surface area contributed by atoms with Crippen LogP contribution >= 0.6 is 35.9 Å². The van der Waals surface area contributed by atoms with Crippen molar-refractivity contribution in [2.45, 2.75) is 6.42 Å². The molecule has 1 aromatic carbocycles. The fourth-order valence-electron chi connectivity index (χ4n) is 1.62. The van der Waals surface area contributed by atoms with Crippen LogP contribution in [0.4, 0.5) is 0 Å². The molecule has 0 aliphatic carbocycles. The average Bonchev–Trinajstić information content (AvgIpc) is 2.64. The molecule has 5 nitrogen and oxygen atoms in total. The van der Waals surface area contributed by atoms with Gasteiger partial charge in [0.05, 0.1) is 18.2 Å². The summed E-state index contributed by atoms with van der Waals surface area (Å²) < 4.78 is 5.86. The highest BCUT2D eigenvalue weighted by Gasteiger charge is 2.35. The largest absolute Gasteiger partial charge is 0.484 e. The van der Waals surface area contributed by atoms with Crippen LogP contribution in [0, 0.1) is 5.41 Å². The van der Waals surface area contributed by atoms with Crippen LogP contribution in [0.2, 0.25) is 0 Å². The molecule has 1 aliphatic heterocycles. The van der Waals surface area contributed by atoms with E-state index < -0.39 is 0 Å². The van der Waals surface area contributed by atoms with Crippen LogP contribution in [0.1, 0.15) is 27.1 Å². The zero-order chi connectivity index (χ0) is 13.1. The van der Waals surface area contributed by atoms with E-state index in [0.29, 0.717) is 23.3 Å². The van der Waals surface area contributed by atoms with Crippen molar-refractivity contribution in [2.24, 2.45) is 0 Å². The number of imide groups is 1. The van der Waals surface area contributed by atoms with E-state index in [2.05, 4.69) is 0 Å². The molecule has 2 amide bonds. The van der Waals surface area contributed by atoms with Gasteiger partial charge in [-0.15, -0.1) is 24.0 Å². The number of rotatable bonds is 4. The summed E-state index contributed by atoms with van der Waals surface area (Å²) in [5.41, 5.74) is 0.883. The minimum absolute atomic E-state index is 0. The summed E-state index contributed by atoms with van der Waals surface area (Å²) in [6.45, 7) is 0. The van der Waals surface area contributed by atoms with Crippen molar-refractivity contribution in [3.8, 4) is 0 Å². The summed E-state index contributed by atoms with van der Waals surface area (Å²) >= 11 is 1.11. The van der Waals surface area contributed by atoms with Crippen molar-refractivity contribution in [1.82, 2.24) is 4.31 Å². The maximum atomic E-state index is 12.0. The van der Waals surface area contributed by atoms with Crippen LogP contribution in [-0.2, 0) is 4.74 Å². The standard InChI is InChI=1S/C12H12N2O3S.HI/c1-17-10(13)6-7-18-14-11(15)8-4-2-3-5-9(8)12(14)16;/h2-5,13H,6-7H2,1H3;1H. The van der Waals surface area contributed by atoms with Gasteiger partial charge in [0.2, 0.25) is 0 Å². The lowest BCUT2D eigenvalue weighted by Crippen LogP contribution is -2.23. The second kappa shape index (κ2) is 6.90. The van der Waals surface area contributed by atoms with E-state index in [1.807, 2.05) is 0 Å². The number of benzene rings is 1. The molecule has 7 heteroatoms. The third kappa shape index (κ3) is 3.27. The van der Waals surface area contributed by atoms with Crippen molar-refractivity contribution in [1.29, 1.82) is 5.41 Å². The van der Waals surface area contributed by atoms with Gasteiger partial charge in [0, 0.05) is 12.2 Å². The maximum absolute atomic E-state index is 12.0. The minimum Gasteiger partial charge on any atom is -0.484 e. The summed E-state index contributed by atoms with van der Waals surface area (Å²) in [4.78, 5) is 23.9. The van der Waals surface area contributed by atoms with E-state index in [4.69, 9.17) is 10.1 Å². The van der Waals surface area contributed by atoms with E-state index in [0.717, 1.165) is 16.3 Å². The fourth-order valence-corrected chi connectivity index (χ4v) is 2.51.